The van der Waals surface area contributed by atoms with E-state index in [4.69, 9.17) is 0 Å². The molecule has 0 spiro atoms. The number of allylic oxidation sites excluding steroid dienone is 2. The van der Waals surface area contributed by atoms with Crippen LogP contribution in [0.15, 0.2) is 48.7 Å². The summed E-state index contributed by atoms with van der Waals surface area (Å²) in [6, 6.07) is 9.00. The molecule has 13 heavy (non-hydrogen) atoms. The lowest BCUT2D eigenvalue weighted by atomic mass is 10.0. The summed E-state index contributed by atoms with van der Waals surface area (Å²) in [5.74, 6) is 0. The summed E-state index contributed by atoms with van der Waals surface area (Å²) in [5.41, 5.74) is 2.77. The third-order valence-corrected chi connectivity index (χ3v) is 2.41. The molecule has 66 valence electrons. The van der Waals surface area contributed by atoms with E-state index in [0.29, 0.717) is 6.04 Å². The fraction of sp³-hybridized carbons (Fsp3) is 0.167. The Morgan fingerprint density at radius 3 is 2.69 bits per heavy atom. The largest absolute Gasteiger partial charge is 0.311 e. The quantitative estimate of drug-likeness (QED) is 0.663. The molecule has 1 aromatic carbocycles. The van der Waals surface area contributed by atoms with E-state index in [9.17, 15) is 0 Å². The van der Waals surface area contributed by atoms with Gasteiger partial charge >= 0.3 is 0 Å². The van der Waals surface area contributed by atoms with Gasteiger partial charge < -0.3 is 5.32 Å². The minimum absolute atomic E-state index is 0.464. The molecule has 1 nitrogen and oxygen atoms in total. The van der Waals surface area contributed by atoms with Crippen LogP contribution in [0, 0.1) is 6.92 Å². The van der Waals surface area contributed by atoms with Crippen molar-refractivity contribution < 1.29 is 5.32 Å². The van der Waals surface area contributed by atoms with E-state index in [1.165, 1.54) is 11.1 Å². The highest BCUT2D eigenvalue weighted by atomic mass is 14.9. The van der Waals surface area contributed by atoms with Gasteiger partial charge in [-0.25, -0.2) is 0 Å². The fourth-order valence-corrected chi connectivity index (χ4v) is 1.66. The number of hydrogen-bond acceptors (Lipinski definition) is 0. The molecule has 2 N–H and O–H groups in total. The molecule has 0 saturated heterocycles. The summed E-state index contributed by atoms with van der Waals surface area (Å²) in [4.78, 5) is 0. The molecule has 0 bridgehead atoms. The number of hydrogen-bond donors (Lipinski definition) is 1. The standard InChI is InChI=1S/C12H13N/c1-10-6-2-3-7-11(10)12-8-4-5-9-13-12/h2-9,12-13H,1H3/p+1. The molecular weight excluding hydrogens is 158 g/mol. The van der Waals surface area contributed by atoms with Crippen molar-refractivity contribution in [2.45, 2.75) is 13.0 Å². The maximum Gasteiger partial charge on any atom is 0.135 e. The average Bonchev–Trinajstić information content (AvgIpc) is 2.20. The Balaban J connectivity index is 2.30. The highest BCUT2D eigenvalue weighted by molar-refractivity contribution is 5.30. The molecule has 1 aliphatic heterocycles. The number of rotatable bonds is 1. The maximum absolute atomic E-state index is 2.22. The Kier molecular flexibility index (Phi) is 2.28. The highest BCUT2D eigenvalue weighted by Crippen LogP contribution is 2.15. The molecule has 1 aromatic rings. The lowest BCUT2D eigenvalue weighted by molar-refractivity contribution is -0.622. The van der Waals surface area contributed by atoms with E-state index in [1.54, 1.807) is 0 Å². The second kappa shape index (κ2) is 3.58. The summed E-state index contributed by atoms with van der Waals surface area (Å²) in [6.07, 6.45) is 8.51. The second-order valence-electron chi connectivity index (χ2n) is 3.34. The van der Waals surface area contributed by atoms with Crippen LogP contribution < -0.4 is 5.32 Å². The van der Waals surface area contributed by atoms with Gasteiger partial charge in [0.2, 0.25) is 0 Å². The van der Waals surface area contributed by atoms with Crippen LogP contribution in [0.4, 0.5) is 0 Å². The molecule has 1 aliphatic rings. The van der Waals surface area contributed by atoms with Gasteiger partial charge in [0.15, 0.2) is 0 Å². The molecule has 0 aliphatic carbocycles. The molecule has 0 amide bonds. The Labute approximate surface area is 78.8 Å². The third-order valence-electron chi connectivity index (χ3n) is 2.41. The van der Waals surface area contributed by atoms with Crippen LogP contribution >= 0.6 is 0 Å². The van der Waals surface area contributed by atoms with E-state index >= 15 is 0 Å². The van der Waals surface area contributed by atoms with Gasteiger partial charge in [-0.2, -0.15) is 0 Å². The summed E-state index contributed by atoms with van der Waals surface area (Å²) in [5, 5.41) is 2.22. The number of benzene rings is 1. The van der Waals surface area contributed by atoms with E-state index in [-0.39, 0.29) is 0 Å². The van der Waals surface area contributed by atoms with Gasteiger partial charge in [-0.15, -0.1) is 0 Å². The minimum atomic E-state index is 0.464. The topological polar surface area (TPSA) is 16.6 Å². The van der Waals surface area contributed by atoms with Gasteiger partial charge in [-0.05, 0) is 24.6 Å². The minimum Gasteiger partial charge on any atom is -0.311 e. The van der Waals surface area contributed by atoms with Crippen molar-refractivity contribution in [3.8, 4) is 0 Å². The number of nitrogens with two attached hydrogens (primary N) is 1. The summed E-state index contributed by atoms with van der Waals surface area (Å²) in [7, 11) is 0. The smallest absolute Gasteiger partial charge is 0.135 e. The van der Waals surface area contributed by atoms with E-state index in [2.05, 4.69) is 60.9 Å². The lowest BCUT2D eigenvalue weighted by Crippen LogP contribution is -2.79. The Hall–Kier alpha value is -1.34. The van der Waals surface area contributed by atoms with Crippen LogP contribution in [0.1, 0.15) is 17.2 Å². The Morgan fingerprint density at radius 2 is 2.00 bits per heavy atom. The van der Waals surface area contributed by atoms with Crippen LogP contribution in [0.2, 0.25) is 0 Å². The molecule has 0 aromatic heterocycles. The molecule has 1 heteroatoms. The normalized spacial score (nSPS) is 20.5. The molecule has 1 unspecified atom stereocenters. The molecule has 1 atom stereocenters. The van der Waals surface area contributed by atoms with Crippen molar-refractivity contribution in [2.24, 2.45) is 0 Å². The van der Waals surface area contributed by atoms with Crippen molar-refractivity contribution in [3.05, 3.63) is 59.8 Å². The van der Waals surface area contributed by atoms with Crippen molar-refractivity contribution in [3.63, 3.8) is 0 Å². The first-order chi connectivity index (χ1) is 6.38. The van der Waals surface area contributed by atoms with Gasteiger partial charge in [-0.1, -0.05) is 30.3 Å². The van der Waals surface area contributed by atoms with Crippen molar-refractivity contribution in [2.75, 3.05) is 0 Å². The zero-order valence-electron chi connectivity index (χ0n) is 7.77. The average molecular weight is 172 g/mol. The first kappa shape index (κ1) is 8.27. The van der Waals surface area contributed by atoms with Gasteiger partial charge in [0.25, 0.3) is 0 Å². The lowest BCUT2D eigenvalue weighted by Gasteiger charge is -2.13. The summed E-state index contributed by atoms with van der Waals surface area (Å²) in [6.45, 7) is 2.16. The predicted molar refractivity (Wildman–Crippen MR) is 54.1 cm³/mol. The zero-order valence-corrected chi connectivity index (χ0v) is 7.77. The highest BCUT2D eigenvalue weighted by Gasteiger charge is 2.12. The molecule has 0 saturated carbocycles. The van der Waals surface area contributed by atoms with Gasteiger partial charge in [0.1, 0.15) is 6.04 Å². The molecule has 0 radical (unpaired) electrons. The number of aryl methyl sites for hydroxylation is 1. The monoisotopic (exact) mass is 172 g/mol. The van der Waals surface area contributed by atoms with E-state index in [1.807, 2.05) is 0 Å². The Bertz CT molecular complexity index is 350. The van der Waals surface area contributed by atoms with Crippen molar-refractivity contribution >= 4 is 0 Å². The summed E-state index contributed by atoms with van der Waals surface area (Å²) >= 11 is 0. The first-order valence-electron chi connectivity index (χ1n) is 4.62. The van der Waals surface area contributed by atoms with Gasteiger partial charge in [-0.3, -0.25) is 0 Å². The zero-order chi connectivity index (χ0) is 9.10. The molecule has 0 fully saturated rings. The van der Waals surface area contributed by atoms with Crippen molar-refractivity contribution in [1.82, 2.24) is 0 Å². The van der Waals surface area contributed by atoms with Crippen LogP contribution in [0.3, 0.4) is 0 Å². The molecular formula is C12H14N+. The third kappa shape index (κ3) is 1.70. The maximum atomic E-state index is 2.22. The fourth-order valence-electron chi connectivity index (χ4n) is 1.66. The van der Waals surface area contributed by atoms with Gasteiger partial charge in [0, 0.05) is 5.56 Å². The SMILES string of the molecule is Cc1ccccc1C1C=CC=C[NH2+]1. The van der Waals surface area contributed by atoms with Crippen molar-refractivity contribution in [1.29, 1.82) is 0 Å². The first-order valence-corrected chi connectivity index (χ1v) is 4.62. The van der Waals surface area contributed by atoms with Crippen LogP contribution in [0.5, 0.6) is 0 Å². The second-order valence-corrected chi connectivity index (χ2v) is 3.34. The molecule has 2 rings (SSSR count). The van der Waals surface area contributed by atoms with Crippen LogP contribution in [-0.2, 0) is 0 Å². The van der Waals surface area contributed by atoms with E-state index in [0.717, 1.165) is 0 Å². The summed E-state index contributed by atoms with van der Waals surface area (Å²) < 4.78 is 0. The predicted octanol–water partition coefficient (Wildman–Crippen LogP) is 1.68. The van der Waals surface area contributed by atoms with Crippen LogP contribution in [0.25, 0.3) is 0 Å². The molecule has 1 heterocycles. The van der Waals surface area contributed by atoms with Crippen LogP contribution in [-0.4, -0.2) is 0 Å². The van der Waals surface area contributed by atoms with E-state index < -0.39 is 0 Å². The Morgan fingerprint density at radius 1 is 1.15 bits per heavy atom. The number of quaternary nitrogens is 1. The van der Waals surface area contributed by atoms with Gasteiger partial charge in [0.05, 0.1) is 6.20 Å².